The van der Waals surface area contributed by atoms with E-state index in [4.69, 9.17) is 4.74 Å². The van der Waals surface area contributed by atoms with Gasteiger partial charge in [0, 0.05) is 44.6 Å². The maximum atomic E-state index is 5.60. The minimum atomic E-state index is 0. The van der Waals surface area contributed by atoms with Crippen LogP contribution >= 0.6 is 35.3 Å². The molecule has 2 aromatic rings. The predicted octanol–water partition coefficient (Wildman–Crippen LogP) is 3.67. The lowest BCUT2D eigenvalue weighted by molar-refractivity contribution is 0.105. The molecule has 0 aromatic carbocycles. The number of ether oxygens (including phenoxy) is 1. The fourth-order valence-corrected chi connectivity index (χ4v) is 4.32. The molecule has 2 aromatic heterocycles. The zero-order valence-electron chi connectivity index (χ0n) is 15.7. The number of nitrogens with zero attached hydrogens (tertiary/aromatic N) is 3. The third-order valence-electron chi connectivity index (χ3n) is 5.08. The second-order valence-electron chi connectivity index (χ2n) is 6.76. The molecule has 1 aliphatic carbocycles. The Balaban J connectivity index is 0.00000243. The van der Waals surface area contributed by atoms with Crippen molar-refractivity contribution >= 4 is 46.2 Å². The monoisotopic (exact) mass is 491 g/mol. The fraction of sp³-hybridized carbons (Fsp3) is 0.667. The quantitative estimate of drug-likeness (QED) is 0.256. The van der Waals surface area contributed by atoms with E-state index in [1.807, 2.05) is 18.6 Å². The van der Waals surface area contributed by atoms with Crippen molar-refractivity contribution in [2.45, 2.75) is 45.6 Å². The van der Waals surface area contributed by atoms with E-state index in [-0.39, 0.29) is 24.0 Å². The van der Waals surface area contributed by atoms with Gasteiger partial charge in [-0.15, -0.1) is 35.3 Å². The van der Waals surface area contributed by atoms with Crippen molar-refractivity contribution in [3.63, 3.8) is 0 Å². The summed E-state index contributed by atoms with van der Waals surface area (Å²) in [5.41, 5.74) is 1.38. The van der Waals surface area contributed by atoms with Gasteiger partial charge in [0.2, 0.25) is 0 Å². The smallest absolute Gasteiger partial charge is 0.193 e. The first-order valence-electron chi connectivity index (χ1n) is 9.18. The van der Waals surface area contributed by atoms with Gasteiger partial charge in [-0.05, 0) is 31.6 Å². The Morgan fingerprint density at radius 3 is 2.88 bits per heavy atom. The summed E-state index contributed by atoms with van der Waals surface area (Å²) in [7, 11) is 1.82. The number of fused-ring (bicyclic) bond motifs is 1. The lowest BCUT2D eigenvalue weighted by Crippen LogP contribution is -2.43. The first-order valence-corrected chi connectivity index (χ1v) is 10.1. The van der Waals surface area contributed by atoms with E-state index >= 15 is 0 Å². The average Bonchev–Trinajstić information content (AvgIpc) is 3.32. The number of hydrogen-bond donors (Lipinski definition) is 2. The van der Waals surface area contributed by atoms with E-state index in [0.717, 1.165) is 42.8 Å². The molecule has 1 aliphatic rings. The number of aromatic nitrogens is 2. The molecule has 0 unspecified atom stereocenters. The van der Waals surface area contributed by atoms with Gasteiger partial charge in [-0.3, -0.25) is 9.39 Å². The average molecular weight is 491 g/mol. The molecule has 6 nitrogen and oxygen atoms in total. The molecule has 2 N–H and O–H groups in total. The number of imidazole rings is 1. The summed E-state index contributed by atoms with van der Waals surface area (Å²) in [5.74, 6) is 0.846. The summed E-state index contributed by atoms with van der Waals surface area (Å²) < 4.78 is 7.65. The van der Waals surface area contributed by atoms with Crippen LogP contribution in [0.4, 0.5) is 0 Å². The van der Waals surface area contributed by atoms with Gasteiger partial charge in [-0.1, -0.05) is 12.8 Å². The molecule has 26 heavy (non-hydrogen) atoms. The van der Waals surface area contributed by atoms with Crippen LogP contribution in [0.1, 0.15) is 44.7 Å². The summed E-state index contributed by atoms with van der Waals surface area (Å²) in [5, 5.41) is 8.95. The SMILES string of the molecule is CCOCCC1(CNC(=NC)NCc2cn3ccsc3n2)CCCC1.I. The highest BCUT2D eigenvalue weighted by molar-refractivity contribution is 14.0. The van der Waals surface area contributed by atoms with Crippen molar-refractivity contribution in [2.24, 2.45) is 10.4 Å². The molecule has 146 valence electrons. The highest BCUT2D eigenvalue weighted by atomic mass is 127. The molecule has 8 heteroatoms. The zero-order chi connectivity index (χ0) is 17.5. The summed E-state index contributed by atoms with van der Waals surface area (Å²) in [6, 6.07) is 0. The zero-order valence-corrected chi connectivity index (χ0v) is 18.8. The molecule has 2 heterocycles. The van der Waals surface area contributed by atoms with Crippen LogP contribution in [0.25, 0.3) is 4.96 Å². The summed E-state index contributed by atoms with van der Waals surface area (Å²) in [4.78, 5) is 9.99. The van der Waals surface area contributed by atoms with Crippen LogP contribution in [0.3, 0.4) is 0 Å². The number of thiazole rings is 1. The predicted molar refractivity (Wildman–Crippen MR) is 119 cm³/mol. The normalized spacial score (nSPS) is 16.6. The number of hydrogen-bond acceptors (Lipinski definition) is 4. The van der Waals surface area contributed by atoms with Crippen LogP contribution in [0.15, 0.2) is 22.8 Å². The van der Waals surface area contributed by atoms with Crippen LogP contribution in [0, 0.1) is 5.41 Å². The number of rotatable bonds is 8. The number of halogens is 1. The Hall–Kier alpha value is -0.870. The molecular formula is C18H30IN5OS. The van der Waals surface area contributed by atoms with Crippen molar-refractivity contribution < 1.29 is 4.74 Å². The van der Waals surface area contributed by atoms with Crippen LogP contribution in [-0.2, 0) is 11.3 Å². The second-order valence-corrected chi connectivity index (χ2v) is 7.63. The Morgan fingerprint density at radius 1 is 1.38 bits per heavy atom. The maximum absolute atomic E-state index is 5.60. The highest BCUT2D eigenvalue weighted by Gasteiger charge is 2.33. The topological polar surface area (TPSA) is 63.0 Å². The molecule has 0 bridgehead atoms. The van der Waals surface area contributed by atoms with Gasteiger partial charge in [-0.2, -0.15) is 0 Å². The third kappa shape index (κ3) is 5.56. The second kappa shape index (κ2) is 10.5. The van der Waals surface area contributed by atoms with Crippen molar-refractivity contribution in [1.82, 2.24) is 20.0 Å². The lowest BCUT2D eigenvalue weighted by Gasteiger charge is -2.30. The number of nitrogens with one attached hydrogen (secondary N) is 2. The Kier molecular flexibility index (Phi) is 8.62. The Bertz CT molecular complexity index is 664. The van der Waals surface area contributed by atoms with Crippen molar-refractivity contribution in [1.29, 1.82) is 0 Å². The minimum absolute atomic E-state index is 0. The van der Waals surface area contributed by atoms with E-state index < -0.39 is 0 Å². The molecule has 1 fully saturated rings. The molecule has 0 spiro atoms. The van der Waals surface area contributed by atoms with Gasteiger partial charge in [0.15, 0.2) is 10.9 Å². The van der Waals surface area contributed by atoms with Crippen LogP contribution in [0.2, 0.25) is 0 Å². The van der Waals surface area contributed by atoms with Crippen LogP contribution < -0.4 is 10.6 Å². The van der Waals surface area contributed by atoms with E-state index in [9.17, 15) is 0 Å². The number of aliphatic imine (C=N–C) groups is 1. The van der Waals surface area contributed by atoms with Crippen LogP contribution in [0.5, 0.6) is 0 Å². The highest BCUT2D eigenvalue weighted by Crippen LogP contribution is 2.40. The molecule has 0 aliphatic heterocycles. The van der Waals surface area contributed by atoms with E-state index in [0.29, 0.717) is 12.0 Å². The molecule has 0 atom stereocenters. The van der Waals surface area contributed by atoms with Crippen LogP contribution in [-0.4, -0.2) is 42.2 Å². The molecule has 3 rings (SSSR count). The van der Waals surface area contributed by atoms with Gasteiger partial charge in [-0.25, -0.2) is 4.98 Å². The first-order chi connectivity index (χ1) is 12.2. The van der Waals surface area contributed by atoms with Crippen molar-refractivity contribution in [3.8, 4) is 0 Å². The summed E-state index contributed by atoms with van der Waals surface area (Å²) >= 11 is 1.65. The van der Waals surface area contributed by atoms with E-state index in [1.165, 1.54) is 25.7 Å². The minimum Gasteiger partial charge on any atom is -0.382 e. The molecule has 0 amide bonds. The standard InChI is InChI=1S/C18H29N5OS.HI/c1-3-24-10-8-18(6-4-5-7-18)14-21-16(19-2)20-12-15-13-23-9-11-25-17(23)22-15;/h9,11,13H,3-8,10,12,14H2,1-2H3,(H2,19,20,21);1H. The molecule has 0 radical (unpaired) electrons. The van der Waals surface area contributed by atoms with Crippen molar-refractivity contribution in [3.05, 3.63) is 23.5 Å². The molecule has 0 saturated heterocycles. The number of guanidine groups is 1. The first kappa shape index (κ1) is 21.4. The van der Waals surface area contributed by atoms with Crippen molar-refractivity contribution in [2.75, 3.05) is 26.8 Å². The third-order valence-corrected chi connectivity index (χ3v) is 5.85. The van der Waals surface area contributed by atoms with Gasteiger partial charge in [0.25, 0.3) is 0 Å². The molecule has 1 saturated carbocycles. The summed E-state index contributed by atoms with van der Waals surface area (Å²) in [6.45, 7) is 5.36. The van der Waals surface area contributed by atoms with Gasteiger partial charge >= 0.3 is 0 Å². The van der Waals surface area contributed by atoms with Gasteiger partial charge in [0.1, 0.15) is 0 Å². The van der Waals surface area contributed by atoms with Gasteiger partial charge < -0.3 is 15.4 Å². The molecular weight excluding hydrogens is 461 g/mol. The lowest BCUT2D eigenvalue weighted by atomic mass is 9.83. The maximum Gasteiger partial charge on any atom is 0.193 e. The van der Waals surface area contributed by atoms with E-state index in [2.05, 4.69) is 38.1 Å². The summed E-state index contributed by atoms with van der Waals surface area (Å²) in [6.07, 6.45) is 10.4. The Morgan fingerprint density at radius 2 is 2.19 bits per heavy atom. The largest absolute Gasteiger partial charge is 0.382 e. The van der Waals surface area contributed by atoms with Gasteiger partial charge in [0.05, 0.1) is 12.2 Å². The fourth-order valence-electron chi connectivity index (χ4n) is 3.60. The Labute approximate surface area is 176 Å². The van der Waals surface area contributed by atoms with E-state index in [1.54, 1.807) is 11.3 Å².